The molecule has 4 heterocycles. The van der Waals surface area contributed by atoms with E-state index >= 15 is 0 Å². The van der Waals surface area contributed by atoms with E-state index in [9.17, 15) is 0 Å². The zero-order valence-electron chi connectivity index (χ0n) is 36.3. The molecule has 0 unspecified atom stereocenters. The molecule has 0 spiro atoms. The van der Waals surface area contributed by atoms with Gasteiger partial charge in [0.1, 0.15) is 89.6 Å². The van der Waals surface area contributed by atoms with Crippen LogP contribution in [-0.4, -0.2) is 98.0 Å². The van der Waals surface area contributed by atoms with Crippen molar-refractivity contribution in [1.29, 1.82) is 0 Å². The van der Waals surface area contributed by atoms with E-state index in [-0.39, 0.29) is 0 Å². The molecule has 0 bridgehead atoms. The lowest BCUT2D eigenvalue weighted by molar-refractivity contribution is 0.668. The summed E-state index contributed by atoms with van der Waals surface area (Å²) < 4.78 is 11.8. The lowest BCUT2D eigenvalue weighted by Crippen LogP contribution is -2.55. The molecule has 0 aliphatic heterocycles. The average Bonchev–Trinajstić information content (AvgIpc) is 3.95. The minimum atomic E-state index is 0.635. The number of fused-ring (bicyclic) bond motifs is 10. The molecule has 0 N–H and O–H groups in total. The van der Waals surface area contributed by atoms with Gasteiger partial charge in [-0.05, 0) is 30.3 Å². The SMILES string of the molecule is Bc1c(B)c(B)c(-c2nc(-c3c(B)c(B)c(B)c(B)c3B)nc(-c3cccc4oc5cc(-n6c7ccccc7c7ccc8c9ccccc9sc8c76)ccc5c34)n2)c(B)c1B. The molecule has 0 saturated carbocycles. The van der Waals surface area contributed by atoms with Crippen LogP contribution in [-0.2, 0) is 0 Å². The van der Waals surface area contributed by atoms with E-state index in [0.717, 1.165) is 44.3 Å². The molecular formula is C45H36B10N4OS. The lowest BCUT2D eigenvalue weighted by atomic mass is 9.60. The fraction of sp³-hybridized carbons (Fsp3) is 0. The van der Waals surface area contributed by atoms with Crippen LogP contribution in [0.2, 0.25) is 0 Å². The first-order valence-corrected chi connectivity index (χ1v) is 21.9. The molecule has 7 aromatic carbocycles. The third kappa shape index (κ3) is 5.43. The molecule has 0 fully saturated rings. The molecule has 16 heteroatoms. The lowest BCUT2D eigenvalue weighted by Gasteiger charge is -2.22. The van der Waals surface area contributed by atoms with Gasteiger partial charge < -0.3 is 8.98 Å². The van der Waals surface area contributed by atoms with E-state index in [0.29, 0.717) is 17.5 Å². The number of thiophene rings is 1. The molecule has 4 aromatic heterocycles. The maximum Gasteiger partial charge on any atom is 0.164 e. The highest BCUT2D eigenvalue weighted by molar-refractivity contribution is 7.26. The Kier molecular flexibility index (Phi) is 8.57. The second-order valence-electron chi connectivity index (χ2n) is 17.1. The number of rotatable bonds is 4. The maximum atomic E-state index is 6.83. The molecule has 0 atom stereocenters. The molecule has 0 amide bonds. The second-order valence-corrected chi connectivity index (χ2v) is 18.1. The molecule has 278 valence electrons. The fourth-order valence-electron chi connectivity index (χ4n) is 10.0. The normalized spacial score (nSPS) is 11.9. The summed E-state index contributed by atoms with van der Waals surface area (Å²) in [5.41, 5.74) is 20.6. The monoisotopic (exact) mass is 790 g/mol. The zero-order chi connectivity index (χ0) is 42.2. The van der Waals surface area contributed by atoms with E-state index in [1.807, 2.05) is 11.3 Å². The van der Waals surface area contributed by atoms with Crippen molar-refractivity contribution in [3.05, 3.63) is 97.1 Å². The first kappa shape index (κ1) is 38.0. The van der Waals surface area contributed by atoms with E-state index < -0.39 is 0 Å². The van der Waals surface area contributed by atoms with Crippen molar-refractivity contribution in [2.24, 2.45) is 0 Å². The van der Waals surface area contributed by atoms with Crippen LogP contribution in [0.5, 0.6) is 0 Å². The third-order valence-corrected chi connectivity index (χ3v) is 15.4. The Bertz CT molecular complexity index is 3600. The van der Waals surface area contributed by atoms with Gasteiger partial charge >= 0.3 is 0 Å². The molecule has 61 heavy (non-hydrogen) atoms. The number of hydrogen-bond acceptors (Lipinski definition) is 5. The van der Waals surface area contributed by atoms with Gasteiger partial charge in [-0.3, -0.25) is 0 Å². The predicted molar refractivity (Wildman–Crippen MR) is 292 cm³/mol. The smallest absolute Gasteiger partial charge is 0.164 e. The van der Waals surface area contributed by atoms with Crippen molar-refractivity contribution >= 4 is 208 Å². The Morgan fingerprint density at radius 2 is 0.984 bits per heavy atom. The van der Waals surface area contributed by atoms with E-state index in [1.165, 1.54) is 96.6 Å². The van der Waals surface area contributed by atoms with Crippen LogP contribution >= 0.6 is 11.3 Å². The van der Waals surface area contributed by atoms with Crippen molar-refractivity contribution in [3.8, 4) is 39.9 Å². The highest BCUT2D eigenvalue weighted by Crippen LogP contribution is 2.44. The average molecular weight is 789 g/mol. The number of aromatic nitrogens is 4. The van der Waals surface area contributed by atoms with E-state index in [2.05, 4.69) is 180 Å². The Morgan fingerprint density at radius 1 is 0.443 bits per heavy atom. The topological polar surface area (TPSA) is 56.7 Å². The Balaban J connectivity index is 1.17. The predicted octanol–water partition coefficient (Wildman–Crippen LogP) is -5.18. The number of benzene rings is 7. The van der Waals surface area contributed by atoms with Gasteiger partial charge in [0, 0.05) is 65.5 Å². The first-order valence-electron chi connectivity index (χ1n) is 21.1. The van der Waals surface area contributed by atoms with Crippen molar-refractivity contribution in [1.82, 2.24) is 19.5 Å². The van der Waals surface area contributed by atoms with Crippen molar-refractivity contribution < 1.29 is 4.42 Å². The van der Waals surface area contributed by atoms with Crippen LogP contribution < -0.4 is 54.6 Å². The maximum absolute atomic E-state index is 6.83. The number of para-hydroxylation sites is 1. The highest BCUT2D eigenvalue weighted by Gasteiger charge is 2.24. The zero-order valence-corrected chi connectivity index (χ0v) is 37.2. The van der Waals surface area contributed by atoms with Gasteiger partial charge in [-0.15, -0.1) is 44.1 Å². The van der Waals surface area contributed by atoms with Crippen LogP contribution in [0.3, 0.4) is 0 Å². The van der Waals surface area contributed by atoms with Gasteiger partial charge in [-0.25, -0.2) is 15.0 Å². The van der Waals surface area contributed by atoms with Crippen LogP contribution in [0, 0.1) is 0 Å². The quantitative estimate of drug-likeness (QED) is 0.168. The van der Waals surface area contributed by atoms with Crippen LogP contribution in [0.1, 0.15) is 0 Å². The van der Waals surface area contributed by atoms with Gasteiger partial charge in [0.15, 0.2) is 17.5 Å². The minimum absolute atomic E-state index is 0.635. The number of furan rings is 1. The third-order valence-electron chi connectivity index (χ3n) is 14.2. The fourth-order valence-corrected chi connectivity index (χ4v) is 11.3. The molecule has 0 radical (unpaired) electrons. The van der Waals surface area contributed by atoms with Gasteiger partial charge in [-0.2, -0.15) is 0 Å². The van der Waals surface area contributed by atoms with Crippen LogP contribution in [0.4, 0.5) is 0 Å². The van der Waals surface area contributed by atoms with Crippen molar-refractivity contribution in [2.45, 2.75) is 0 Å². The van der Waals surface area contributed by atoms with Gasteiger partial charge in [-0.1, -0.05) is 82.5 Å². The van der Waals surface area contributed by atoms with Crippen LogP contribution in [0.25, 0.3) is 104 Å². The Labute approximate surface area is 367 Å². The summed E-state index contributed by atoms with van der Waals surface area (Å²) in [6, 6.07) is 35.0. The highest BCUT2D eigenvalue weighted by atomic mass is 32.1. The summed E-state index contributed by atoms with van der Waals surface area (Å²) in [7, 11) is 22.1. The number of nitrogens with zero attached hydrogens (tertiary/aromatic N) is 4. The van der Waals surface area contributed by atoms with Crippen molar-refractivity contribution in [2.75, 3.05) is 0 Å². The van der Waals surface area contributed by atoms with Gasteiger partial charge in [0.05, 0.1) is 15.7 Å². The van der Waals surface area contributed by atoms with Gasteiger partial charge in [0.25, 0.3) is 0 Å². The summed E-state index contributed by atoms with van der Waals surface area (Å²) in [4.78, 5) is 16.2. The Hall–Kier alpha value is -5.98. The summed E-state index contributed by atoms with van der Waals surface area (Å²) in [6.45, 7) is 0. The van der Waals surface area contributed by atoms with Crippen molar-refractivity contribution in [3.63, 3.8) is 0 Å². The minimum Gasteiger partial charge on any atom is -0.456 e. The molecule has 11 rings (SSSR count). The largest absolute Gasteiger partial charge is 0.456 e. The van der Waals surface area contributed by atoms with Crippen LogP contribution in [0.15, 0.2) is 101 Å². The van der Waals surface area contributed by atoms with Gasteiger partial charge in [0.2, 0.25) is 0 Å². The van der Waals surface area contributed by atoms with E-state index in [1.54, 1.807) is 0 Å². The summed E-state index contributed by atoms with van der Waals surface area (Å²) in [5.74, 6) is 2.03. The molecule has 11 aromatic rings. The molecule has 0 aliphatic carbocycles. The summed E-state index contributed by atoms with van der Waals surface area (Å²) in [6.07, 6.45) is 0. The molecule has 0 saturated heterocycles. The summed E-state index contributed by atoms with van der Waals surface area (Å²) >= 11 is 1.87. The second kappa shape index (κ2) is 13.8. The van der Waals surface area contributed by atoms with E-state index in [4.69, 9.17) is 19.4 Å². The first-order chi connectivity index (χ1) is 29.4. The molecule has 0 aliphatic rings. The standard InChI is InChI=1S/C45H36B10N4OS/c46-31-29(32(47)36(51)39(54)35(31)50)44-56-43(57-45(58-44)30-33(48)37(52)40(55)38(53)34(30)49)23-8-5-10-25-28(23)22-13-12-17(16-26(22)60-25)59-24-9-3-1-6-18(24)20-14-15-21-19-7-2-4-11-27(19)61-42(21)41(20)59/h1-16H,46-55H2. The Morgan fingerprint density at radius 3 is 1.64 bits per heavy atom. The molecule has 5 nitrogen and oxygen atoms in total. The molecular weight excluding hydrogens is 753 g/mol. The summed E-state index contributed by atoms with van der Waals surface area (Å²) in [5, 5.41) is 7.08. The number of hydrogen-bond donors (Lipinski definition) is 0.